The monoisotopic (exact) mass is 1120 g/mol. The fraction of sp³-hybridized carbons (Fsp3) is 0.709. The maximum absolute atomic E-state index is 14.5. The SMILES string of the molecule is CCCCCCCC(=O)N[C@@H](CCN)C(=O)N[C@H](C(=O)N[C@@H](CCN)C(=O)N[C@H](Cc1ccccc1)C(=O)N[C@@H](CC(C)C)C(=O)N[C@@H](CCN)C(=O)N[C@@H](C(=O)N[C@@H](CC(C)C)C(=O)N[C@@H](CO)C(N)=O)C(C)C)[C@@H](C)CC. The summed E-state index contributed by atoms with van der Waals surface area (Å²) >= 11 is 0. The van der Waals surface area contributed by atoms with Crippen LogP contribution in [0.3, 0.4) is 0 Å². The van der Waals surface area contributed by atoms with Crippen LogP contribution in [0.5, 0.6) is 0 Å². The van der Waals surface area contributed by atoms with E-state index in [1.165, 1.54) is 0 Å². The Morgan fingerprint density at radius 3 is 1.32 bits per heavy atom. The smallest absolute Gasteiger partial charge is 0.243 e. The Labute approximate surface area is 467 Å². The van der Waals surface area contributed by atoms with E-state index >= 15 is 0 Å². The van der Waals surface area contributed by atoms with E-state index in [1.807, 2.05) is 20.8 Å². The van der Waals surface area contributed by atoms with Gasteiger partial charge in [0.15, 0.2) is 0 Å². The number of aliphatic hydroxyl groups excluding tert-OH is 1. The highest BCUT2D eigenvalue weighted by Gasteiger charge is 2.37. The van der Waals surface area contributed by atoms with E-state index < -0.39 is 126 Å². The number of hydrogen-bond acceptors (Lipinski definition) is 14. The van der Waals surface area contributed by atoms with Gasteiger partial charge in [-0.25, -0.2) is 0 Å². The summed E-state index contributed by atoms with van der Waals surface area (Å²) in [6.45, 7) is 15.4. The second-order valence-corrected chi connectivity index (χ2v) is 21.5. The zero-order valence-electron chi connectivity index (χ0n) is 48.3. The summed E-state index contributed by atoms with van der Waals surface area (Å²) in [7, 11) is 0. The number of nitrogens with one attached hydrogen (secondary N) is 9. The van der Waals surface area contributed by atoms with Gasteiger partial charge in [0.1, 0.15) is 54.4 Å². The summed E-state index contributed by atoms with van der Waals surface area (Å²) in [5.74, 6) is -8.51. The minimum absolute atomic E-state index is 0.0556. The topological polar surface area (TPSA) is 403 Å². The fourth-order valence-electron chi connectivity index (χ4n) is 8.49. The van der Waals surface area contributed by atoms with Crippen molar-refractivity contribution in [2.75, 3.05) is 26.2 Å². The van der Waals surface area contributed by atoms with Crippen LogP contribution in [0.15, 0.2) is 30.3 Å². The summed E-state index contributed by atoms with van der Waals surface area (Å²) < 4.78 is 0. The molecule has 10 amide bonds. The Kier molecular flexibility index (Phi) is 34.4. The fourth-order valence-corrected chi connectivity index (χ4v) is 8.49. The van der Waals surface area contributed by atoms with Crippen LogP contribution >= 0.6 is 0 Å². The quantitative estimate of drug-likeness (QED) is 0.0361. The number of rotatable bonds is 40. The molecule has 0 unspecified atom stereocenters. The third-order valence-electron chi connectivity index (χ3n) is 13.3. The van der Waals surface area contributed by atoms with Gasteiger partial charge in [-0.3, -0.25) is 47.9 Å². The van der Waals surface area contributed by atoms with Crippen LogP contribution < -0.4 is 70.8 Å². The zero-order chi connectivity index (χ0) is 59.8. The highest BCUT2D eigenvalue weighted by atomic mass is 16.3. The number of nitrogens with two attached hydrogens (primary N) is 4. The average molecular weight is 1120 g/mol. The molecular weight excluding hydrogens is 1020 g/mol. The molecule has 79 heavy (non-hydrogen) atoms. The van der Waals surface area contributed by atoms with E-state index in [-0.39, 0.29) is 82.3 Å². The van der Waals surface area contributed by atoms with E-state index in [1.54, 1.807) is 65.0 Å². The molecule has 24 heteroatoms. The van der Waals surface area contributed by atoms with Crippen LogP contribution in [-0.2, 0) is 54.4 Å². The maximum Gasteiger partial charge on any atom is 0.243 e. The molecule has 1 aromatic rings. The minimum Gasteiger partial charge on any atom is -0.394 e. The number of unbranched alkanes of at least 4 members (excludes halogenated alkanes) is 4. The first-order chi connectivity index (χ1) is 37.4. The van der Waals surface area contributed by atoms with Crippen LogP contribution in [0.1, 0.15) is 145 Å². The summed E-state index contributed by atoms with van der Waals surface area (Å²) in [5.41, 5.74) is 23.6. The van der Waals surface area contributed by atoms with E-state index in [4.69, 9.17) is 22.9 Å². The Bertz CT molecular complexity index is 2080. The molecule has 0 aliphatic carbocycles. The molecule has 0 bridgehead atoms. The Hall–Kier alpha value is -6.24. The molecule has 0 aliphatic heterocycles. The lowest BCUT2D eigenvalue weighted by atomic mass is 9.97. The molecule has 448 valence electrons. The molecule has 0 heterocycles. The molecule has 1 rings (SSSR count). The first-order valence-corrected chi connectivity index (χ1v) is 28.1. The molecule has 24 nitrogen and oxygen atoms in total. The zero-order valence-corrected chi connectivity index (χ0v) is 48.3. The summed E-state index contributed by atoms with van der Waals surface area (Å²) in [5, 5.41) is 33.6. The predicted octanol–water partition coefficient (Wildman–Crippen LogP) is -0.729. The van der Waals surface area contributed by atoms with Gasteiger partial charge in [-0.1, -0.05) is 125 Å². The van der Waals surface area contributed by atoms with Gasteiger partial charge in [0.25, 0.3) is 0 Å². The van der Waals surface area contributed by atoms with Gasteiger partial charge in [0.05, 0.1) is 6.61 Å². The molecule has 0 radical (unpaired) electrons. The largest absolute Gasteiger partial charge is 0.394 e. The van der Waals surface area contributed by atoms with Crippen molar-refractivity contribution in [3.63, 3.8) is 0 Å². The van der Waals surface area contributed by atoms with E-state index in [0.29, 0.717) is 18.4 Å². The molecule has 0 spiro atoms. The Balaban J connectivity index is 3.46. The number of benzene rings is 1. The molecule has 1 aromatic carbocycles. The lowest BCUT2D eigenvalue weighted by Crippen LogP contribution is -2.62. The molecule has 0 aliphatic rings. The normalized spacial score (nSPS) is 15.1. The molecule has 10 atom stereocenters. The standard InChI is InChI=1S/C55H97N13O11/c1-10-12-13-14-18-21-44(70)60-37(22-25-56)49(73)68-46(35(9)11-2)55(79)62-38(23-26-57)48(72)64-42(30-36-19-16-15-17-20-36)53(77)63-40(28-32(3)4)51(75)61-39(24-27-58)50(74)67-45(34(7)8)54(78)65-41(29-33(5)6)52(76)66-43(31-69)47(59)71/h15-17,19-20,32-35,37-43,45-46,69H,10-14,18,21-31,56-58H2,1-9H3,(H2,59,71)(H,60,70)(H,61,75)(H,62,79)(H,63,77)(H,64,72)(H,65,78)(H,66,76)(H,67,74)(H,68,73)/t35-,37-,38-,39-,40-,41-,42+,43-,45+,46-/m0/s1. The number of amides is 10. The van der Waals surface area contributed by atoms with Gasteiger partial charge in [0, 0.05) is 12.8 Å². The number of carbonyl (C=O) groups excluding carboxylic acids is 10. The Morgan fingerprint density at radius 2 is 0.861 bits per heavy atom. The van der Waals surface area contributed by atoms with E-state index in [0.717, 1.165) is 25.7 Å². The molecule has 0 saturated carbocycles. The molecule has 18 N–H and O–H groups in total. The van der Waals surface area contributed by atoms with Gasteiger partial charge in [-0.2, -0.15) is 0 Å². The van der Waals surface area contributed by atoms with Crippen molar-refractivity contribution < 1.29 is 53.1 Å². The summed E-state index contributed by atoms with van der Waals surface area (Å²) in [4.78, 5) is 136. The first kappa shape index (κ1) is 70.8. The molecule has 0 saturated heterocycles. The maximum atomic E-state index is 14.5. The highest BCUT2D eigenvalue weighted by molar-refractivity contribution is 5.98. The third kappa shape index (κ3) is 27.0. The van der Waals surface area contributed by atoms with Gasteiger partial charge in [-0.05, 0) is 87.4 Å². The van der Waals surface area contributed by atoms with Gasteiger partial charge < -0.3 is 75.9 Å². The molecular formula is C55H97N13O11. The molecule has 0 aromatic heterocycles. The van der Waals surface area contributed by atoms with Crippen molar-refractivity contribution in [2.45, 2.75) is 200 Å². The third-order valence-corrected chi connectivity index (χ3v) is 13.3. The van der Waals surface area contributed by atoms with Gasteiger partial charge in [-0.15, -0.1) is 0 Å². The predicted molar refractivity (Wildman–Crippen MR) is 301 cm³/mol. The van der Waals surface area contributed by atoms with Crippen LogP contribution in [0, 0.1) is 23.7 Å². The lowest BCUT2D eigenvalue weighted by molar-refractivity contribution is -0.136. The Morgan fingerprint density at radius 1 is 0.468 bits per heavy atom. The minimum atomic E-state index is -1.40. The van der Waals surface area contributed by atoms with Crippen LogP contribution in [0.2, 0.25) is 0 Å². The van der Waals surface area contributed by atoms with Crippen molar-refractivity contribution in [1.82, 2.24) is 47.9 Å². The van der Waals surface area contributed by atoms with Crippen molar-refractivity contribution in [3.05, 3.63) is 35.9 Å². The van der Waals surface area contributed by atoms with Crippen molar-refractivity contribution in [3.8, 4) is 0 Å². The number of carbonyl (C=O) groups is 10. The van der Waals surface area contributed by atoms with E-state index in [9.17, 15) is 53.1 Å². The highest BCUT2D eigenvalue weighted by Crippen LogP contribution is 2.14. The lowest BCUT2D eigenvalue weighted by Gasteiger charge is -2.30. The van der Waals surface area contributed by atoms with Gasteiger partial charge >= 0.3 is 0 Å². The average Bonchev–Trinajstić information content (AvgIpc) is 3.39. The van der Waals surface area contributed by atoms with Crippen LogP contribution in [0.25, 0.3) is 0 Å². The summed E-state index contributed by atoms with van der Waals surface area (Å²) in [6, 6.07) is -2.42. The van der Waals surface area contributed by atoms with Crippen LogP contribution in [-0.4, -0.2) is 145 Å². The van der Waals surface area contributed by atoms with Gasteiger partial charge in [0.2, 0.25) is 59.1 Å². The summed E-state index contributed by atoms with van der Waals surface area (Å²) in [6.07, 6.45) is 5.46. The van der Waals surface area contributed by atoms with Crippen molar-refractivity contribution >= 4 is 59.1 Å². The van der Waals surface area contributed by atoms with Crippen molar-refractivity contribution in [2.24, 2.45) is 46.6 Å². The van der Waals surface area contributed by atoms with Crippen LogP contribution in [0.4, 0.5) is 0 Å². The van der Waals surface area contributed by atoms with Crippen molar-refractivity contribution in [1.29, 1.82) is 0 Å². The van der Waals surface area contributed by atoms with E-state index in [2.05, 4.69) is 54.8 Å². The number of hydrogen-bond donors (Lipinski definition) is 14. The second-order valence-electron chi connectivity index (χ2n) is 21.5. The number of primary amides is 1. The molecule has 0 fully saturated rings. The second kappa shape index (κ2) is 38.4. The number of aliphatic hydroxyl groups is 1. The first-order valence-electron chi connectivity index (χ1n) is 28.1.